The maximum atomic E-state index is 11.9. The highest BCUT2D eigenvalue weighted by Gasteiger charge is 2.42. The van der Waals surface area contributed by atoms with Gasteiger partial charge in [0.2, 0.25) is 0 Å². The standard InChI is InChI=1S/C10H14N2O2S2/c1-10(2)8(7-15-10)12-16(13,14)9-5-3-4-6-11-9/h3-6,8,12H,7H2,1-2H3. The second kappa shape index (κ2) is 4.01. The molecule has 6 heteroatoms. The molecule has 1 aliphatic heterocycles. The minimum absolute atomic E-state index is 0.00972. The highest BCUT2D eigenvalue weighted by atomic mass is 32.2. The fraction of sp³-hybridized carbons (Fsp3) is 0.500. The Kier molecular flexibility index (Phi) is 2.98. The molecule has 2 heterocycles. The van der Waals surface area contributed by atoms with E-state index in [0.717, 1.165) is 5.75 Å². The monoisotopic (exact) mass is 258 g/mol. The number of nitrogens with one attached hydrogen (secondary N) is 1. The van der Waals surface area contributed by atoms with Gasteiger partial charge < -0.3 is 0 Å². The Morgan fingerprint density at radius 2 is 2.25 bits per heavy atom. The van der Waals surface area contributed by atoms with Gasteiger partial charge in [0.15, 0.2) is 5.03 Å². The Morgan fingerprint density at radius 1 is 1.50 bits per heavy atom. The Labute approximate surface area is 99.9 Å². The van der Waals surface area contributed by atoms with E-state index in [2.05, 4.69) is 9.71 Å². The summed E-state index contributed by atoms with van der Waals surface area (Å²) in [4.78, 5) is 3.85. The number of hydrogen-bond acceptors (Lipinski definition) is 4. The molecule has 1 atom stereocenters. The third kappa shape index (κ3) is 2.23. The quantitative estimate of drug-likeness (QED) is 0.886. The Bertz CT molecular complexity index is 471. The van der Waals surface area contributed by atoms with Crippen molar-refractivity contribution >= 4 is 21.8 Å². The first kappa shape index (κ1) is 11.9. The van der Waals surface area contributed by atoms with Crippen molar-refractivity contribution in [1.82, 2.24) is 9.71 Å². The molecule has 0 bridgehead atoms. The third-order valence-electron chi connectivity index (χ3n) is 2.67. The summed E-state index contributed by atoms with van der Waals surface area (Å²) in [5.74, 6) is 0.819. The number of sulfonamides is 1. The summed E-state index contributed by atoms with van der Waals surface area (Å²) in [6.07, 6.45) is 1.48. The van der Waals surface area contributed by atoms with E-state index in [1.165, 1.54) is 12.3 Å². The van der Waals surface area contributed by atoms with Gasteiger partial charge in [-0.3, -0.25) is 0 Å². The molecule has 4 nitrogen and oxygen atoms in total. The van der Waals surface area contributed by atoms with Crippen molar-refractivity contribution in [3.8, 4) is 0 Å². The zero-order chi connectivity index (χ0) is 11.8. The van der Waals surface area contributed by atoms with Crippen LogP contribution in [0.1, 0.15) is 13.8 Å². The molecule has 0 aromatic carbocycles. The minimum Gasteiger partial charge on any atom is -0.243 e. The van der Waals surface area contributed by atoms with Gasteiger partial charge in [-0.25, -0.2) is 18.1 Å². The second-order valence-electron chi connectivity index (χ2n) is 4.26. The Balaban J connectivity index is 2.16. The van der Waals surface area contributed by atoms with Crippen LogP contribution in [0.25, 0.3) is 0 Å². The third-order valence-corrected chi connectivity index (χ3v) is 5.59. The molecule has 1 aromatic heterocycles. The van der Waals surface area contributed by atoms with Gasteiger partial charge >= 0.3 is 0 Å². The van der Waals surface area contributed by atoms with Gasteiger partial charge in [0, 0.05) is 22.7 Å². The average molecular weight is 258 g/mol. The molecule has 1 aromatic rings. The van der Waals surface area contributed by atoms with Crippen molar-refractivity contribution in [1.29, 1.82) is 0 Å². The molecular formula is C10H14N2O2S2. The van der Waals surface area contributed by atoms with Crippen LogP contribution in [0.15, 0.2) is 29.4 Å². The molecule has 1 unspecified atom stereocenters. The van der Waals surface area contributed by atoms with E-state index in [1.807, 2.05) is 13.8 Å². The highest BCUT2D eigenvalue weighted by molar-refractivity contribution is 8.02. The molecular weight excluding hydrogens is 244 g/mol. The SMILES string of the molecule is CC1(C)SCC1NS(=O)(=O)c1ccccn1. The van der Waals surface area contributed by atoms with Gasteiger partial charge in [-0.2, -0.15) is 11.8 Å². The fourth-order valence-corrected chi connectivity index (χ4v) is 4.08. The first-order valence-electron chi connectivity index (χ1n) is 4.99. The zero-order valence-electron chi connectivity index (χ0n) is 9.17. The molecule has 1 aliphatic rings. The van der Waals surface area contributed by atoms with Crippen LogP contribution in [0.5, 0.6) is 0 Å². The van der Waals surface area contributed by atoms with E-state index < -0.39 is 10.0 Å². The van der Waals surface area contributed by atoms with Gasteiger partial charge in [0.05, 0.1) is 0 Å². The molecule has 0 radical (unpaired) electrons. The molecule has 0 spiro atoms. The predicted molar refractivity (Wildman–Crippen MR) is 64.9 cm³/mol. The number of hydrogen-bond donors (Lipinski definition) is 1. The van der Waals surface area contributed by atoms with Crippen LogP contribution >= 0.6 is 11.8 Å². The number of pyridine rings is 1. The van der Waals surface area contributed by atoms with Crippen LogP contribution in [0.2, 0.25) is 0 Å². The largest absolute Gasteiger partial charge is 0.258 e. The minimum atomic E-state index is -3.47. The fourth-order valence-electron chi connectivity index (χ4n) is 1.43. The summed E-state index contributed by atoms with van der Waals surface area (Å²) >= 11 is 1.76. The lowest BCUT2D eigenvalue weighted by Crippen LogP contribution is -2.56. The van der Waals surface area contributed by atoms with Crippen LogP contribution in [0, 0.1) is 0 Å². The van der Waals surface area contributed by atoms with Crippen LogP contribution in [-0.4, -0.2) is 29.9 Å². The molecule has 0 amide bonds. The summed E-state index contributed by atoms with van der Waals surface area (Å²) < 4.78 is 26.5. The summed E-state index contributed by atoms with van der Waals surface area (Å²) in [6, 6.07) is 4.86. The van der Waals surface area contributed by atoms with Crippen molar-refractivity contribution < 1.29 is 8.42 Å². The molecule has 2 rings (SSSR count). The molecule has 0 saturated carbocycles. The van der Waals surface area contributed by atoms with Crippen LogP contribution in [-0.2, 0) is 10.0 Å². The van der Waals surface area contributed by atoms with Crippen LogP contribution in [0.4, 0.5) is 0 Å². The summed E-state index contributed by atoms with van der Waals surface area (Å²) in [7, 11) is -3.47. The first-order chi connectivity index (χ1) is 7.42. The Hall–Kier alpha value is -0.590. The summed E-state index contributed by atoms with van der Waals surface area (Å²) in [5, 5.41) is 0.0858. The van der Waals surface area contributed by atoms with E-state index in [1.54, 1.807) is 23.9 Å². The smallest absolute Gasteiger partial charge is 0.243 e. The van der Waals surface area contributed by atoms with Crippen molar-refractivity contribution in [3.63, 3.8) is 0 Å². The number of aromatic nitrogens is 1. The highest BCUT2D eigenvalue weighted by Crippen LogP contribution is 2.40. The molecule has 0 aliphatic carbocycles. The first-order valence-corrected chi connectivity index (χ1v) is 7.46. The van der Waals surface area contributed by atoms with Crippen LogP contribution in [0.3, 0.4) is 0 Å². The topological polar surface area (TPSA) is 59.1 Å². The van der Waals surface area contributed by atoms with E-state index in [0.29, 0.717) is 0 Å². The summed E-state index contributed by atoms with van der Waals surface area (Å²) in [6.45, 7) is 4.07. The maximum Gasteiger partial charge on any atom is 0.258 e. The van der Waals surface area contributed by atoms with E-state index in [-0.39, 0.29) is 15.8 Å². The van der Waals surface area contributed by atoms with E-state index in [4.69, 9.17) is 0 Å². The number of thioether (sulfide) groups is 1. The lowest BCUT2D eigenvalue weighted by molar-refractivity contribution is 0.485. The number of nitrogens with zero attached hydrogens (tertiary/aromatic N) is 1. The molecule has 1 saturated heterocycles. The van der Waals surface area contributed by atoms with Gasteiger partial charge in [-0.05, 0) is 26.0 Å². The predicted octanol–water partition coefficient (Wildman–Crippen LogP) is 1.25. The molecule has 88 valence electrons. The Morgan fingerprint density at radius 3 is 2.69 bits per heavy atom. The molecule has 1 N–H and O–H groups in total. The van der Waals surface area contributed by atoms with Gasteiger partial charge in [0.25, 0.3) is 10.0 Å². The lowest BCUT2D eigenvalue weighted by Gasteiger charge is -2.43. The van der Waals surface area contributed by atoms with E-state index in [9.17, 15) is 8.42 Å². The van der Waals surface area contributed by atoms with Gasteiger partial charge in [-0.1, -0.05) is 6.07 Å². The normalized spacial score (nSPS) is 23.8. The van der Waals surface area contributed by atoms with Crippen molar-refractivity contribution in [2.24, 2.45) is 0 Å². The molecule has 1 fully saturated rings. The van der Waals surface area contributed by atoms with Crippen molar-refractivity contribution in [3.05, 3.63) is 24.4 Å². The number of rotatable bonds is 3. The van der Waals surface area contributed by atoms with Crippen LogP contribution < -0.4 is 4.72 Å². The van der Waals surface area contributed by atoms with Gasteiger partial charge in [0.1, 0.15) is 0 Å². The van der Waals surface area contributed by atoms with E-state index >= 15 is 0 Å². The lowest BCUT2D eigenvalue weighted by atomic mass is 10.1. The second-order valence-corrected chi connectivity index (χ2v) is 7.59. The summed E-state index contributed by atoms with van der Waals surface area (Å²) in [5.41, 5.74) is 0. The van der Waals surface area contributed by atoms with Crippen molar-refractivity contribution in [2.75, 3.05) is 5.75 Å². The maximum absolute atomic E-state index is 11.9. The van der Waals surface area contributed by atoms with Gasteiger partial charge in [-0.15, -0.1) is 0 Å². The molecule has 16 heavy (non-hydrogen) atoms. The average Bonchev–Trinajstić information content (AvgIpc) is 2.26. The zero-order valence-corrected chi connectivity index (χ0v) is 10.8. The van der Waals surface area contributed by atoms with Crippen molar-refractivity contribution in [2.45, 2.75) is 29.7 Å².